The molecule has 0 fully saturated rings. The standard InChI is InChI=1S/C9H11O5S/c1-13-8-5-3-4-7(9(8)14-2)6-15(10,11)12/h3-5H,6H2,1-2H3. The highest BCUT2D eigenvalue weighted by Gasteiger charge is 2.16. The van der Waals surface area contributed by atoms with Crippen molar-refractivity contribution in [2.45, 2.75) is 5.75 Å². The molecular weight excluding hydrogens is 220 g/mol. The number of benzene rings is 1. The van der Waals surface area contributed by atoms with Gasteiger partial charge in [-0.2, -0.15) is 8.42 Å². The van der Waals surface area contributed by atoms with E-state index in [9.17, 15) is 13.0 Å². The van der Waals surface area contributed by atoms with Crippen molar-refractivity contribution in [3.05, 3.63) is 23.8 Å². The van der Waals surface area contributed by atoms with Gasteiger partial charge in [-0.1, -0.05) is 16.7 Å². The molecule has 0 aliphatic heterocycles. The second-order valence-electron chi connectivity index (χ2n) is 2.85. The first-order valence-electron chi connectivity index (χ1n) is 4.11. The molecule has 0 heterocycles. The van der Waals surface area contributed by atoms with Gasteiger partial charge in [-0.15, -0.1) is 0 Å². The fourth-order valence-corrected chi connectivity index (χ4v) is 1.87. The minimum atomic E-state index is -4.32. The van der Waals surface area contributed by atoms with Crippen LogP contribution in [0.1, 0.15) is 5.56 Å². The van der Waals surface area contributed by atoms with Gasteiger partial charge < -0.3 is 9.47 Å². The second-order valence-corrected chi connectivity index (χ2v) is 4.26. The van der Waals surface area contributed by atoms with E-state index >= 15 is 0 Å². The third kappa shape index (κ3) is 3.10. The summed E-state index contributed by atoms with van der Waals surface area (Å²) in [5.41, 5.74) is 0.298. The van der Waals surface area contributed by atoms with Gasteiger partial charge in [0.2, 0.25) is 0 Å². The Balaban J connectivity index is 3.18. The van der Waals surface area contributed by atoms with Gasteiger partial charge >= 0.3 is 0 Å². The van der Waals surface area contributed by atoms with Crippen molar-refractivity contribution in [3.8, 4) is 11.5 Å². The van der Waals surface area contributed by atoms with Crippen molar-refractivity contribution in [2.75, 3.05) is 14.2 Å². The highest BCUT2D eigenvalue weighted by atomic mass is 32.2. The Morgan fingerprint density at radius 3 is 2.33 bits per heavy atom. The lowest BCUT2D eigenvalue weighted by atomic mass is 10.2. The minimum absolute atomic E-state index is 0.277. The van der Waals surface area contributed by atoms with Gasteiger partial charge in [-0.3, -0.25) is 0 Å². The maximum atomic E-state index is 10.6. The molecule has 1 rings (SSSR count). The van der Waals surface area contributed by atoms with Crippen LogP contribution in [0.5, 0.6) is 11.5 Å². The van der Waals surface area contributed by atoms with E-state index in [0.717, 1.165) is 0 Å². The lowest BCUT2D eigenvalue weighted by Crippen LogP contribution is -2.03. The maximum Gasteiger partial charge on any atom is 0.298 e. The Morgan fingerprint density at radius 1 is 1.20 bits per heavy atom. The molecule has 0 aliphatic carbocycles. The molecule has 0 bridgehead atoms. The summed E-state index contributed by atoms with van der Waals surface area (Å²) in [6.45, 7) is 0. The normalized spacial score (nSPS) is 11.1. The largest absolute Gasteiger partial charge is 0.493 e. The van der Waals surface area contributed by atoms with Crippen LogP contribution in [0.3, 0.4) is 0 Å². The molecular formula is C9H11O5S. The first-order valence-corrected chi connectivity index (χ1v) is 5.69. The molecule has 5 nitrogen and oxygen atoms in total. The number of hydrogen-bond acceptors (Lipinski definition) is 4. The quantitative estimate of drug-likeness (QED) is 0.773. The van der Waals surface area contributed by atoms with Crippen LogP contribution in [0.2, 0.25) is 0 Å². The van der Waals surface area contributed by atoms with Crippen LogP contribution in [-0.4, -0.2) is 22.6 Å². The van der Waals surface area contributed by atoms with Crippen molar-refractivity contribution in [1.29, 1.82) is 0 Å². The summed E-state index contributed by atoms with van der Waals surface area (Å²) in [6.07, 6.45) is 0. The van der Waals surface area contributed by atoms with E-state index in [1.165, 1.54) is 20.3 Å². The molecule has 0 saturated carbocycles. The number of hydrogen-bond donors (Lipinski definition) is 0. The average molecular weight is 231 g/mol. The first kappa shape index (κ1) is 11.8. The average Bonchev–Trinajstić information content (AvgIpc) is 2.15. The molecule has 0 spiro atoms. The van der Waals surface area contributed by atoms with Gasteiger partial charge in [0.25, 0.3) is 10.1 Å². The van der Waals surface area contributed by atoms with Crippen LogP contribution in [0.4, 0.5) is 0 Å². The summed E-state index contributed by atoms with van der Waals surface area (Å²) in [5.74, 6) is 0.0750. The van der Waals surface area contributed by atoms with Crippen LogP contribution < -0.4 is 9.47 Å². The van der Waals surface area contributed by atoms with Gasteiger partial charge in [0, 0.05) is 5.56 Å². The SMILES string of the molecule is COc1cccc(CS([O])(=O)=O)c1OC. The minimum Gasteiger partial charge on any atom is -0.493 e. The molecule has 1 aromatic rings. The third-order valence-electron chi connectivity index (χ3n) is 1.82. The molecule has 1 radical (unpaired) electrons. The van der Waals surface area contributed by atoms with Crippen molar-refractivity contribution < 1.29 is 22.4 Å². The van der Waals surface area contributed by atoms with E-state index in [0.29, 0.717) is 11.3 Å². The van der Waals surface area contributed by atoms with E-state index < -0.39 is 15.9 Å². The Hall–Kier alpha value is -1.27. The predicted molar refractivity (Wildman–Crippen MR) is 52.9 cm³/mol. The van der Waals surface area contributed by atoms with Gasteiger partial charge in [0.1, 0.15) is 5.75 Å². The molecule has 15 heavy (non-hydrogen) atoms. The number of rotatable bonds is 4. The smallest absolute Gasteiger partial charge is 0.298 e. The van der Waals surface area contributed by atoms with Crippen LogP contribution in [0.15, 0.2) is 18.2 Å². The predicted octanol–water partition coefficient (Wildman–Crippen LogP) is 0.964. The van der Waals surface area contributed by atoms with Crippen LogP contribution >= 0.6 is 0 Å². The van der Waals surface area contributed by atoms with Gasteiger partial charge in [-0.25, -0.2) is 0 Å². The molecule has 0 N–H and O–H groups in total. The molecule has 0 aliphatic rings. The summed E-state index contributed by atoms with van der Waals surface area (Å²) < 4.78 is 41.8. The first-order chi connectivity index (χ1) is 6.98. The summed E-state index contributed by atoms with van der Waals surface area (Å²) in [6, 6.07) is 4.73. The van der Waals surface area contributed by atoms with Crippen molar-refractivity contribution >= 4 is 10.1 Å². The lowest BCUT2D eigenvalue weighted by Gasteiger charge is -2.10. The Kier molecular flexibility index (Phi) is 3.54. The van der Waals surface area contributed by atoms with Crippen LogP contribution in [-0.2, 0) is 20.4 Å². The van der Waals surface area contributed by atoms with Crippen LogP contribution in [0.25, 0.3) is 0 Å². The van der Waals surface area contributed by atoms with E-state index in [2.05, 4.69) is 0 Å². The molecule has 0 atom stereocenters. The molecule has 0 saturated heterocycles. The number of ether oxygens (including phenoxy) is 2. The molecule has 0 amide bonds. The Morgan fingerprint density at radius 2 is 1.87 bits per heavy atom. The zero-order valence-corrected chi connectivity index (χ0v) is 9.21. The highest BCUT2D eigenvalue weighted by Crippen LogP contribution is 2.31. The summed E-state index contributed by atoms with van der Waals surface area (Å²) in [4.78, 5) is 0. The second kappa shape index (κ2) is 4.50. The van der Waals surface area contributed by atoms with Gasteiger partial charge in [0.05, 0.1) is 14.2 Å². The number of para-hydroxylation sites is 1. The third-order valence-corrected chi connectivity index (χ3v) is 2.48. The van der Waals surface area contributed by atoms with Crippen LogP contribution in [0, 0.1) is 0 Å². The Labute approximate surface area is 88.4 Å². The molecule has 6 heteroatoms. The fourth-order valence-electron chi connectivity index (χ4n) is 1.26. The highest BCUT2D eigenvalue weighted by molar-refractivity contribution is 7.84. The number of methoxy groups -OCH3 is 2. The van der Waals surface area contributed by atoms with Gasteiger partial charge in [-0.05, 0) is 6.07 Å². The molecule has 0 unspecified atom stereocenters. The van der Waals surface area contributed by atoms with Crippen molar-refractivity contribution in [3.63, 3.8) is 0 Å². The summed E-state index contributed by atoms with van der Waals surface area (Å²) in [7, 11) is -1.49. The van der Waals surface area contributed by atoms with E-state index in [1.807, 2.05) is 0 Å². The van der Waals surface area contributed by atoms with E-state index in [1.54, 1.807) is 12.1 Å². The molecule has 83 valence electrons. The van der Waals surface area contributed by atoms with Gasteiger partial charge in [0.15, 0.2) is 11.5 Å². The summed E-state index contributed by atoms with van der Waals surface area (Å²) >= 11 is 0. The van der Waals surface area contributed by atoms with Crippen molar-refractivity contribution in [2.24, 2.45) is 0 Å². The molecule has 1 aromatic carbocycles. The zero-order chi connectivity index (χ0) is 11.5. The molecule has 0 aromatic heterocycles. The Bertz CT molecular complexity index is 438. The zero-order valence-electron chi connectivity index (χ0n) is 8.39. The topological polar surface area (TPSA) is 72.5 Å². The maximum absolute atomic E-state index is 10.6. The summed E-state index contributed by atoms with van der Waals surface area (Å²) in [5, 5.41) is 0. The monoisotopic (exact) mass is 231 g/mol. The fraction of sp³-hybridized carbons (Fsp3) is 0.333. The lowest BCUT2D eigenvalue weighted by molar-refractivity contribution is 0.351. The van der Waals surface area contributed by atoms with E-state index in [4.69, 9.17) is 9.47 Å². The van der Waals surface area contributed by atoms with E-state index in [-0.39, 0.29) is 5.75 Å². The van der Waals surface area contributed by atoms with Crippen molar-refractivity contribution in [1.82, 2.24) is 0 Å².